The summed E-state index contributed by atoms with van der Waals surface area (Å²) in [6.45, 7) is 7.67. The minimum atomic E-state index is -0.605. The van der Waals surface area contributed by atoms with Gasteiger partial charge >= 0.3 is 17.6 Å². The molecular weight excluding hydrogens is 288 g/mol. The summed E-state index contributed by atoms with van der Waals surface area (Å²) in [6, 6.07) is 1.35. The summed E-state index contributed by atoms with van der Waals surface area (Å²) < 4.78 is 15.4. The highest BCUT2D eigenvalue weighted by molar-refractivity contribution is 5.96. The molecule has 0 saturated carbocycles. The fourth-order valence-electron chi connectivity index (χ4n) is 2.34. The van der Waals surface area contributed by atoms with E-state index in [9.17, 15) is 14.4 Å². The lowest BCUT2D eigenvalue weighted by Gasteiger charge is -2.14. The van der Waals surface area contributed by atoms with Gasteiger partial charge in [0.25, 0.3) is 0 Å². The second kappa shape index (κ2) is 5.63. The van der Waals surface area contributed by atoms with Crippen molar-refractivity contribution in [2.45, 2.75) is 34.6 Å². The number of rotatable bonds is 2. The van der Waals surface area contributed by atoms with Gasteiger partial charge < -0.3 is 13.9 Å². The van der Waals surface area contributed by atoms with E-state index in [1.54, 1.807) is 20.8 Å². The third-order valence-electron chi connectivity index (χ3n) is 3.36. The third-order valence-corrected chi connectivity index (χ3v) is 3.36. The Kier molecular flexibility index (Phi) is 4.03. The fourth-order valence-corrected chi connectivity index (χ4v) is 2.34. The van der Waals surface area contributed by atoms with Crippen LogP contribution in [0.5, 0.6) is 11.5 Å². The number of fused-ring (bicyclic) bond motifs is 1. The molecule has 0 unspecified atom stereocenters. The van der Waals surface area contributed by atoms with Crippen LogP contribution in [0.1, 0.15) is 30.7 Å². The van der Waals surface area contributed by atoms with Crippen LogP contribution in [0.4, 0.5) is 0 Å². The maximum atomic E-state index is 12.2. The van der Waals surface area contributed by atoms with E-state index in [4.69, 9.17) is 13.9 Å². The molecule has 22 heavy (non-hydrogen) atoms. The van der Waals surface area contributed by atoms with Gasteiger partial charge in [0.1, 0.15) is 22.6 Å². The van der Waals surface area contributed by atoms with E-state index >= 15 is 0 Å². The Morgan fingerprint density at radius 1 is 0.909 bits per heavy atom. The van der Waals surface area contributed by atoms with E-state index in [2.05, 4.69) is 0 Å². The smallest absolute Gasteiger partial charge is 0.347 e. The van der Waals surface area contributed by atoms with E-state index in [-0.39, 0.29) is 16.9 Å². The number of hydrogen-bond donors (Lipinski definition) is 0. The molecule has 6 nitrogen and oxygen atoms in total. The molecule has 0 aliphatic rings. The van der Waals surface area contributed by atoms with Crippen molar-refractivity contribution in [3.05, 3.63) is 33.4 Å². The van der Waals surface area contributed by atoms with Gasteiger partial charge in [-0.1, -0.05) is 0 Å². The first kappa shape index (κ1) is 15.8. The number of esters is 2. The standard InChI is InChI=1S/C16H16O6/c1-7-9(3)20-16(19)15-13(22-11(5)18)6-12(21-10(4)17)8(2)14(7)15/h6H,1-5H3. The van der Waals surface area contributed by atoms with Gasteiger partial charge in [-0.15, -0.1) is 0 Å². The summed E-state index contributed by atoms with van der Waals surface area (Å²) in [5.41, 5.74) is 0.718. The summed E-state index contributed by atoms with van der Waals surface area (Å²) in [6.07, 6.45) is 0. The van der Waals surface area contributed by atoms with Crippen molar-refractivity contribution in [2.24, 2.45) is 0 Å². The van der Waals surface area contributed by atoms with Crippen molar-refractivity contribution in [1.82, 2.24) is 0 Å². The van der Waals surface area contributed by atoms with Crippen molar-refractivity contribution < 1.29 is 23.5 Å². The van der Waals surface area contributed by atoms with E-state index in [1.807, 2.05) is 0 Å². The van der Waals surface area contributed by atoms with Crippen LogP contribution >= 0.6 is 0 Å². The molecule has 0 atom stereocenters. The van der Waals surface area contributed by atoms with Gasteiger partial charge in [0.15, 0.2) is 0 Å². The summed E-state index contributed by atoms with van der Waals surface area (Å²) in [7, 11) is 0. The first-order chi connectivity index (χ1) is 10.2. The van der Waals surface area contributed by atoms with Crippen molar-refractivity contribution in [3.8, 4) is 11.5 Å². The lowest BCUT2D eigenvalue weighted by atomic mass is 10.0. The van der Waals surface area contributed by atoms with Crippen LogP contribution in [0.25, 0.3) is 10.8 Å². The van der Waals surface area contributed by atoms with Crippen molar-refractivity contribution in [1.29, 1.82) is 0 Å². The Morgan fingerprint density at radius 2 is 1.45 bits per heavy atom. The van der Waals surface area contributed by atoms with E-state index < -0.39 is 17.6 Å². The van der Waals surface area contributed by atoms with Crippen LogP contribution in [-0.4, -0.2) is 11.9 Å². The lowest BCUT2D eigenvalue weighted by molar-refractivity contribution is -0.132. The first-order valence-electron chi connectivity index (χ1n) is 6.66. The van der Waals surface area contributed by atoms with Crippen molar-refractivity contribution >= 4 is 22.7 Å². The quantitative estimate of drug-likeness (QED) is 0.626. The highest BCUT2D eigenvalue weighted by Crippen LogP contribution is 2.36. The molecule has 0 bridgehead atoms. The summed E-state index contributed by atoms with van der Waals surface area (Å²) in [5, 5.41) is 0.718. The highest BCUT2D eigenvalue weighted by Gasteiger charge is 2.20. The molecule has 0 aliphatic heterocycles. The molecule has 2 rings (SSSR count). The largest absolute Gasteiger partial charge is 0.427 e. The van der Waals surface area contributed by atoms with Crippen LogP contribution in [0.3, 0.4) is 0 Å². The maximum Gasteiger partial charge on any atom is 0.347 e. The van der Waals surface area contributed by atoms with Crippen LogP contribution < -0.4 is 15.1 Å². The SMILES string of the molecule is CC(=O)Oc1cc(OC(C)=O)c2c(=O)oc(C)c(C)c2c1C. The van der Waals surface area contributed by atoms with E-state index in [0.29, 0.717) is 16.7 Å². The number of aryl methyl sites for hydroxylation is 3. The molecule has 0 fully saturated rings. The predicted octanol–water partition coefficient (Wildman–Crippen LogP) is 2.57. The number of ether oxygens (including phenoxy) is 2. The third kappa shape index (κ3) is 2.72. The predicted molar refractivity (Wildman–Crippen MR) is 79.3 cm³/mol. The van der Waals surface area contributed by atoms with Gasteiger partial charge in [-0.25, -0.2) is 4.79 Å². The Morgan fingerprint density at radius 3 is 2.00 bits per heavy atom. The first-order valence-corrected chi connectivity index (χ1v) is 6.66. The second-order valence-corrected chi connectivity index (χ2v) is 5.01. The van der Waals surface area contributed by atoms with Gasteiger partial charge in [0.2, 0.25) is 0 Å². The number of carbonyl (C=O) groups excluding carboxylic acids is 2. The van der Waals surface area contributed by atoms with Gasteiger partial charge in [0.05, 0.1) is 0 Å². The zero-order chi connectivity index (χ0) is 16.6. The Hall–Kier alpha value is -2.63. The molecule has 2 aromatic rings. The summed E-state index contributed by atoms with van der Waals surface area (Å²) >= 11 is 0. The molecule has 6 heteroatoms. The average molecular weight is 304 g/mol. The van der Waals surface area contributed by atoms with Crippen molar-refractivity contribution in [2.75, 3.05) is 0 Å². The molecule has 0 amide bonds. The van der Waals surface area contributed by atoms with Crippen LogP contribution in [0, 0.1) is 20.8 Å². The van der Waals surface area contributed by atoms with E-state index in [1.165, 1.54) is 19.9 Å². The maximum absolute atomic E-state index is 12.2. The molecule has 1 aromatic carbocycles. The minimum absolute atomic E-state index is 0.0150. The van der Waals surface area contributed by atoms with Gasteiger partial charge in [-0.05, 0) is 26.3 Å². The zero-order valence-electron chi connectivity index (χ0n) is 13.0. The second-order valence-electron chi connectivity index (χ2n) is 5.01. The molecule has 1 aromatic heterocycles. The highest BCUT2D eigenvalue weighted by atomic mass is 16.5. The molecule has 0 N–H and O–H groups in total. The Balaban J connectivity index is 2.95. The molecule has 0 radical (unpaired) electrons. The average Bonchev–Trinajstić information content (AvgIpc) is 2.38. The van der Waals surface area contributed by atoms with Crippen LogP contribution in [0.15, 0.2) is 15.3 Å². The van der Waals surface area contributed by atoms with E-state index in [0.717, 1.165) is 5.56 Å². The van der Waals surface area contributed by atoms with Crippen molar-refractivity contribution in [3.63, 3.8) is 0 Å². The molecule has 0 saturated heterocycles. The number of benzene rings is 1. The van der Waals surface area contributed by atoms with Gasteiger partial charge in [-0.3, -0.25) is 9.59 Å². The Labute approximate surface area is 126 Å². The molecular formula is C16H16O6. The van der Waals surface area contributed by atoms with Crippen LogP contribution in [0.2, 0.25) is 0 Å². The Bertz CT molecular complexity index is 844. The topological polar surface area (TPSA) is 82.8 Å². The monoisotopic (exact) mass is 304 g/mol. The van der Waals surface area contributed by atoms with Gasteiger partial charge in [-0.2, -0.15) is 0 Å². The summed E-state index contributed by atoms with van der Waals surface area (Å²) in [5.74, 6) is -0.384. The molecule has 0 spiro atoms. The molecule has 116 valence electrons. The number of hydrogen-bond acceptors (Lipinski definition) is 6. The summed E-state index contributed by atoms with van der Waals surface area (Å²) in [4.78, 5) is 34.7. The van der Waals surface area contributed by atoms with Gasteiger partial charge in [0, 0.05) is 30.9 Å². The lowest BCUT2D eigenvalue weighted by Crippen LogP contribution is -2.11. The zero-order valence-corrected chi connectivity index (χ0v) is 13.0. The minimum Gasteiger partial charge on any atom is -0.427 e. The fraction of sp³-hybridized carbons (Fsp3) is 0.312. The molecule has 1 heterocycles. The molecule has 0 aliphatic carbocycles. The number of carbonyl (C=O) groups is 2. The van der Waals surface area contributed by atoms with Crippen LogP contribution in [-0.2, 0) is 9.59 Å². The normalized spacial score (nSPS) is 10.6.